The molecule has 5 heterocycles. The number of benzene rings is 13. The number of rotatable bonds is 7. The SMILES string of the molecule is CC(C)(C)c1cc(-c2ccc3c(c2)N(c2cccc4c2sc2ccccc24)c2cc(C(C)(C)C)cc4c2B3c2ccc(-n3c5ccccc5c5ccc6c7ccccc7n(-c7ccccc7)c6c53)cc2N4c2c(-c3ccccc3)cccc2-c2ccccc2)cc(C(C)(C)C)c1. The molecular weight excluding hydrogens is 1180 g/mol. The minimum Gasteiger partial charge on any atom is -0.310 e. The van der Waals surface area contributed by atoms with Gasteiger partial charge in [0.15, 0.2) is 0 Å². The number of hydrogen-bond acceptors (Lipinski definition) is 3. The quantitative estimate of drug-likeness (QED) is 0.148. The highest BCUT2D eigenvalue weighted by Gasteiger charge is 2.46. The van der Waals surface area contributed by atoms with Crippen molar-refractivity contribution in [2.24, 2.45) is 0 Å². The van der Waals surface area contributed by atoms with Crippen LogP contribution in [-0.2, 0) is 16.2 Å². The largest absolute Gasteiger partial charge is 0.310 e. The summed E-state index contributed by atoms with van der Waals surface area (Å²) in [5.41, 5.74) is 28.4. The lowest BCUT2D eigenvalue weighted by atomic mass is 9.33. The monoisotopic (exact) mass is 1250 g/mol. The van der Waals surface area contributed by atoms with Crippen LogP contribution in [0.4, 0.5) is 34.1 Å². The number of fused-ring (bicyclic) bond motifs is 14. The normalized spacial score (nSPS) is 13.2. The maximum atomic E-state index is 2.71. The van der Waals surface area contributed by atoms with Crippen molar-refractivity contribution in [2.75, 3.05) is 9.80 Å². The number of para-hydroxylation sites is 4. The van der Waals surface area contributed by atoms with Gasteiger partial charge < -0.3 is 18.9 Å². The fourth-order valence-electron chi connectivity index (χ4n) is 15.9. The zero-order valence-corrected chi connectivity index (χ0v) is 56.6. The van der Waals surface area contributed by atoms with Crippen LogP contribution in [0.2, 0.25) is 0 Å². The second-order valence-corrected chi connectivity index (χ2v) is 30.7. The van der Waals surface area contributed by atoms with Crippen molar-refractivity contribution in [1.82, 2.24) is 9.13 Å². The van der Waals surface area contributed by atoms with Gasteiger partial charge in [0, 0.05) is 82.3 Å². The summed E-state index contributed by atoms with van der Waals surface area (Å²) in [5, 5.41) is 7.44. The van der Waals surface area contributed by atoms with Crippen molar-refractivity contribution in [2.45, 2.75) is 78.6 Å². The van der Waals surface area contributed by atoms with Crippen LogP contribution in [-0.4, -0.2) is 15.8 Å². The zero-order chi connectivity index (χ0) is 65.1. The summed E-state index contributed by atoms with van der Waals surface area (Å²) in [5.74, 6) is 0. The van der Waals surface area contributed by atoms with E-state index in [1.165, 1.54) is 125 Å². The van der Waals surface area contributed by atoms with Crippen LogP contribution in [0.15, 0.2) is 279 Å². The highest BCUT2D eigenvalue weighted by Crippen LogP contribution is 2.54. The van der Waals surface area contributed by atoms with Gasteiger partial charge in [-0.05, 0) is 138 Å². The van der Waals surface area contributed by atoms with Crippen molar-refractivity contribution in [3.8, 4) is 44.8 Å². The Morgan fingerprint density at radius 1 is 0.302 bits per heavy atom. The molecule has 4 nitrogen and oxygen atoms in total. The molecule has 0 bridgehead atoms. The lowest BCUT2D eigenvalue weighted by molar-refractivity contribution is 0.569. The van der Waals surface area contributed by atoms with Gasteiger partial charge in [-0.25, -0.2) is 0 Å². The molecule has 0 radical (unpaired) electrons. The highest BCUT2D eigenvalue weighted by molar-refractivity contribution is 7.26. The molecule has 16 aromatic rings. The Labute approximate surface area is 566 Å². The molecule has 13 aromatic carbocycles. The average Bonchev–Trinajstić information content (AvgIpc) is 0.898. The fourth-order valence-corrected chi connectivity index (χ4v) is 17.1. The molecule has 0 amide bonds. The molecule has 462 valence electrons. The van der Waals surface area contributed by atoms with Crippen LogP contribution >= 0.6 is 11.3 Å². The lowest BCUT2D eigenvalue weighted by Crippen LogP contribution is -2.61. The maximum Gasteiger partial charge on any atom is 0.252 e. The van der Waals surface area contributed by atoms with Crippen LogP contribution in [0, 0.1) is 0 Å². The van der Waals surface area contributed by atoms with E-state index in [1.807, 2.05) is 11.3 Å². The summed E-state index contributed by atoms with van der Waals surface area (Å²) in [6.45, 7) is 21.1. The Morgan fingerprint density at radius 3 is 1.38 bits per heavy atom. The van der Waals surface area contributed by atoms with Gasteiger partial charge in [-0.15, -0.1) is 11.3 Å². The summed E-state index contributed by atoms with van der Waals surface area (Å²) < 4.78 is 7.65. The summed E-state index contributed by atoms with van der Waals surface area (Å²) >= 11 is 1.91. The van der Waals surface area contributed by atoms with E-state index in [0.717, 1.165) is 50.5 Å². The van der Waals surface area contributed by atoms with E-state index in [1.54, 1.807) is 0 Å². The third-order valence-corrected chi connectivity index (χ3v) is 21.9. The Bertz CT molecular complexity index is 5760. The predicted molar refractivity (Wildman–Crippen MR) is 414 cm³/mol. The van der Waals surface area contributed by atoms with Crippen molar-refractivity contribution < 1.29 is 0 Å². The van der Waals surface area contributed by atoms with Crippen LogP contribution < -0.4 is 26.2 Å². The molecule has 6 heteroatoms. The molecule has 0 atom stereocenters. The summed E-state index contributed by atoms with van der Waals surface area (Å²) in [4.78, 5) is 5.40. The lowest BCUT2D eigenvalue weighted by Gasteiger charge is -2.46. The van der Waals surface area contributed by atoms with E-state index in [-0.39, 0.29) is 23.0 Å². The molecule has 0 N–H and O–H groups in total. The van der Waals surface area contributed by atoms with E-state index in [4.69, 9.17) is 0 Å². The molecule has 0 saturated heterocycles. The van der Waals surface area contributed by atoms with Crippen molar-refractivity contribution in [1.29, 1.82) is 0 Å². The van der Waals surface area contributed by atoms with Crippen molar-refractivity contribution >= 4 is 132 Å². The fraction of sp³-hybridized carbons (Fsp3) is 0.133. The Hall–Kier alpha value is -10.7. The number of anilines is 6. The number of nitrogens with zero attached hydrogens (tertiary/aromatic N) is 4. The molecule has 2 aliphatic heterocycles. The standard InChI is InChI=1S/C90H73BN4S/c1-88(2,3)60-49-59(50-61(52-60)89(4,5)6)58-43-47-73-78(51-58)94(77-41-26-38-72-69-35-21-24-42-82(69)96-87(72)77)80-53-62(90(7,8)9)54-81-83(80)91(73)74-48-44-64(55-79(74)95(81)84-65(56-27-13-10-14-28-56)36-25-37-66(84)57-29-15-11-16-30-57)93-76-40-23-20-34-68(76)71-46-45-70-67-33-19-22-39-75(67)92(85(70)86(71)93)63-31-17-12-18-32-63/h10-55H,1-9H3. The van der Waals surface area contributed by atoms with Crippen LogP contribution in [0.5, 0.6) is 0 Å². The van der Waals surface area contributed by atoms with E-state index in [9.17, 15) is 0 Å². The predicted octanol–water partition coefficient (Wildman–Crippen LogP) is 23.2. The van der Waals surface area contributed by atoms with Gasteiger partial charge in [0.25, 0.3) is 6.71 Å². The van der Waals surface area contributed by atoms with Gasteiger partial charge in [0.2, 0.25) is 0 Å². The minimum atomic E-state index is -0.268. The van der Waals surface area contributed by atoms with Gasteiger partial charge in [-0.2, -0.15) is 0 Å². The second kappa shape index (κ2) is 21.4. The molecule has 0 saturated carbocycles. The Kier molecular flexibility index (Phi) is 12.9. The van der Waals surface area contributed by atoms with Crippen molar-refractivity contribution in [3.63, 3.8) is 0 Å². The molecule has 3 aromatic heterocycles. The molecular formula is C90H73BN4S. The van der Waals surface area contributed by atoms with Gasteiger partial charge in [-0.1, -0.05) is 275 Å². The van der Waals surface area contributed by atoms with Crippen LogP contribution in [0.25, 0.3) is 109 Å². The first kappa shape index (κ1) is 58.0. The molecule has 18 rings (SSSR count). The molecule has 96 heavy (non-hydrogen) atoms. The molecule has 0 spiro atoms. The van der Waals surface area contributed by atoms with Gasteiger partial charge >= 0.3 is 0 Å². The molecule has 0 unspecified atom stereocenters. The van der Waals surface area contributed by atoms with E-state index < -0.39 is 0 Å². The van der Waals surface area contributed by atoms with E-state index in [2.05, 4.69) is 360 Å². The van der Waals surface area contributed by atoms with Crippen LogP contribution in [0.1, 0.15) is 79.0 Å². The molecule has 2 aliphatic rings. The first-order valence-corrected chi connectivity index (χ1v) is 34.7. The van der Waals surface area contributed by atoms with Crippen molar-refractivity contribution in [3.05, 3.63) is 296 Å². The topological polar surface area (TPSA) is 16.3 Å². The summed E-state index contributed by atoms with van der Waals surface area (Å²) in [6, 6.07) is 106. The number of thiophene rings is 1. The molecule has 0 aliphatic carbocycles. The van der Waals surface area contributed by atoms with E-state index >= 15 is 0 Å². The van der Waals surface area contributed by atoms with E-state index in [0.29, 0.717) is 0 Å². The average molecular weight is 1250 g/mol. The molecule has 0 fully saturated rings. The number of hydrogen-bond donors (Lipinski definition) is 0. The Balaban J connectivity index is 0.999. The van der Waals surface area contributed by atoms with Crippen LogP contribution in [0.3, 0.4) is 0 Å². The third-order valence-electron chi connectivity index (χ3n) is 20.7. The second-order valence-electron chi connectivity index (χ2n) is 29.7. The van der Waals surface area contributed by atoms with Gasteiger partial charge in [0.05, 0.1) is 38.1 Å². The summed E-state index contributed by atoms with van der Waals surface area (Å²) in [6.07, 6.45) is 0. The number of aromatic nitrogens is 2. The first-order chi connectivity index (χ1) is 46.5. The first-order valence-electron chi connectivity index (χ1n) is 33.9. The summed E-state index contributed by atoms with van der Waals surface area (Å²) in [7, 11) is 0. The van der Waals surface area contributed by atoms with Gasteiger partial charge in [0.1, 0.15) is 0 Å². The maximum absolute atomic E-state index is 2.71. The Morgan fingerprint density at radius 2 is 0.781 bits per heavy atom. The van der Waals surface area contributed by atoms with Gasteiger partial charge in [-0.3, -0.25) is 0 Å². The smallest absolute Gasteiger partial charge is 0.252 e. The highest BCUT2D eigenvalue weighted by atomic mass is 32.1. The third kappa shape index (κ3) is 8.95. The minimum absolute atomic E-state index is 0.0621. The zero-order valence-electron chi connectivity index (χ0n) is 55.8.